The average molecular weight is 297 g/mol. The molecular weight excluding hydrogens is 286 g/mol. The van der Waals surface area contributed by atoms with Crippen LogP contribution in [-0.2, 0) is 6.61 Å². The highest BCUT2D eigenvalue weighted by atomic mass is 35.5. The minimum atomic E-state index is -0.776. The van der Waals surface area contributed by atoms with Crippen molar-refractivity contribution in [2.45, 2.75) is 6.61 Å². The number of benzene rings is 2. The predicted molar refractivity (Wildman–Crippen MR) is 73.2 cm³/mol. The molecule has 3 nitrogen and oxygen atoms in total. The highest BCUT2D eigenvalue weighted by Gasteiger charge is 2.08. The molecule has 0 unspecified atom stereocenters. The summed E-state index contributed by atoms with van der Waals surface area (Å²) in [6.45, 7) is 0.0274. The summed E-state index contributed by atoms with van der Waals surface area (Å²) in [4.78, 5) is 0. The van der Waals surface area contributed by atoms with Gasteiger partial charge in [-0.1, -0.05) is 23.7 Å². The molecule has 0 spiro atoms. The maximum Gasteiger partial charge on any atom is 0.167 e. The van der Waals surface area contributed by atoms with Crippen molar-refractivity contribution >= 4 is 17.4 Å². The number of nitrogens with one attached hydrogen (secondary N) is 1. The van der Waals surface area contributed by atoms with Gasteiger partial charge in [0, 0.05) is 22.2 Å². The highest BCUT2D eigenvalue weighted by Crippen LogP contribution is 2.22. The Morgan fingerprint density at radius 3 is 2.55 bits per heavy atom. The van der Waals surface area contributed by atoms with E-state index in [-0.39, 0.29) is 18.2 Å². The number of rotatable bonds is 4. The monoisotopic (exact) mass is 296 g/mol. The fourth-order valence-corrected chi connectivity index (χ4v) is 1.81. The fraction of sp³-hybridized carbons (Fsp3) is 0.0714. The quantitative estimate of drug-likeness (QED) is 0.670. The van der Waals surface area contributed by atoms with Gasteiger partial charge < -0.3 is 10.5 Å². The van der Waals surface area contributed by atoms with Crippen LogP contribution >= 0.6 is 11.6 Å². The van der Waals surface area contributed by atoms with Crippen LogP contribution < -0.4 is 10.5 Å². The summed E-state index contributed by atoms with van der Waals surface area (Å²) in [6.07, 6.45) is 0. The molecule has 3 N–H and O–H groups in total. The van der Waals surface area contributed by atoms with Gasteiger partial charge in [-0.25, -0.2) is 8.78 Å². The van der Waals surface area contributed by atoms with Gasteiger partial charge in [-0.2, -0.15) is 0 Å². The van der Waals surface area contributed by atoms with E-state index in [0.717, 1.165) is 12.1 Å². The Balaban J connectivity index is 2.13. The molecule has 0 heterocycles. The first kappa shape index (κ1) is 14.3. The summed E-state index contributed by atoms with van der Waals surface area (Å²) in [5.74, 6) is -1.60. The summed E-state index contributed by atoms with van der Waals surface area (Å²) in [7, 11) is 0. The first-order chi connectivity index (χ1) is 9.47. The third kappa shape index (κ3) is 3.24. The van der Waals surface area contributed by atoms with Gasteiger partial charge >= 0.3 is 0 Å². The molecule has 2 aromatic rings. The van der Waals surface area contributed by atoms with Crippen molar-refractivity contribution in [2.75, 3.05) is 0 Å². The standard InChI is InChI=1S/C14H11ClF2N2O/c15-11-5-8(14(18)19)1-2-9(11)7-20-13-4-3-10(16)6-12(13)17/h1-6H,7H2,(H3,18,19). The molecule has 0 atom stereocenters. The van der Waals surface area contributed by atoms with Crippen molar-refractivity contribution < 1.29 is 13.5 Å². The van der Waals surface area contributed by atoms with Crippen LogP contribution in [0, 0.1) is 17.0 Å². The van der Waals surface area contributed by atoms with Crippen molar-refractivity contribution in [3.63, 3.8) is 0 Å². The van der Waals surface area contributed by atoms with Crippen molar-refractivity contribution in [3.8, 4) is 5.75 Å². The normalized spacial score (nSPS) is 10.3. The third-order valence-corrected chi connectivity index (χ3v) is 2.99. The van der Waals surface area contributed by atoms with Gasteiger partial charge in [0.15, 0.2) is 11.6 Å². The van der Waals surface area contributed by atoms with E-state index in [2.05, 4.69) is 0 Å². The highest BCUT2D eigenvalue weighted by molar-refractivity contribution is 6.31. The first-order valence-corrected chi connectivity index (χ1v) is 6.06. The van der Waals surface area contributed by atoms with Gasteiger partial charge in [-0.05, 0) is 18.2 Å². The molecule has 0 saturated carbocycles. The van der Waals surface area contributed by atoms with Crippen molar-refractivity contribution in [3.05, 3.63) is 64.2 Å². The second-order valence-corrected chi connectivity index (χ2v) is 4.49. The van der Waals surface area contributed by atoms with E-state index in [4.69, 9.17) is 27.5 Å². The molecule has 0 aliphatic carbocycles. The lowest BCUT2D eigenvalue weighted by atomic mass is 10.1. The fourth-order valence-electron chi connectivity index (χ4n) is 1.58. The Morgan fingerprint density at radius 2 is 1.95 bits per heavy atom. The molecule has 20 heavy (non-hydrogen) atoms. The van der Waals surface area contributed by atoms with Crippen molar-refractivity contribution in [1.29, 1.82) is 5.41 Å². The van der Waals surface area contributed by atoms with E-state index in [0.29, 0.717) is 16.1 Å². The van der Waals surface area contributed by atoms with E-state index in [1.54, 1.807) is 12.1 Å². The minimum Gasteiger partial charge on any atom is -0.486 e. The van der Waals surface area contributed by atoms with E-state index in [1.165, 1.54) is 12.1 Å². The lowest BCUT2D eigenvalue weighted by Crippen LogP contribution is -2.11. The zero-order valence-electron chi connectivity index (χ0n) is 10.3. The number of hydrogen-bond acceptors (Lipinski definition) is 2. The number of amidine groups is 1. The van der Waals surface area contributed by atoms with Gasteiger partial charge in [0.2, 0.25) is 0 Å². The summed E-state index contributed by atoms with van der Waals surface area (Å²) in [5, 5.41) is 7.65. The van der Waals surface area contributed by atoms with Gasteiger partial charge in [0.05, 0.1) is 0 Å². The molecule has 0 radical (unpaired) electrons. The second-order valence-electron chi connectivity index (χ2n) is 4.08. The van der Waals surface area contributed by atoms with Gasteiger partial charge in [0.1, 0.15) is 18.3 Å². The number of hydrogen-bond donors (Lipinski definition) is 2. The van der Waals surface area contributed by atoms with Crippen LogP contribution in [0.5, 0.6) is 5.75 Å². The van der Waals surface area contributed by atoms with Crippen LogP contribution in [0.1, 0.15) is 11.1 Å². The van der Waals surface area contributed by atoms with E-state index in [1.807, 2.05) is 0 Å². The van der Waals surface area contributed by atoms with E-state index < -0.39 is 11.6 Å². The van der Waals surface area contributed by atoms with Gasteiger partial charge in [-0.15, -0.1) is 0 Å². The zero-order valence-corrected chi connectivity index (χ0v) is 11.0. The maximum atomic E-state index is 13.4. The summed E-state index contributed by atoms with van der Waals surface area (Å²) < 4.78 is 31.4. The minimum absolute atomic E-state index is 0.0274. The molecular formula is C14H11ClF2N2O. The van der Waals surface area contributed by atoms with Crippen LogP contribution in [0.3, 0.4) is 0 Å². The van der Waals surface area contributed by atoms with E-state index in [9.17, 15) is 8.78 Å². The van der Waals surface area contributed by atoms with Crippen molar-refractivity contribution in [2.24, 2.45) is 5.73 Å². The molecule has 6 heteroatoms. The Hall–Kier alpha value is -2.14. The molecule has 0 aromatic heterocycles. The lowest BCUT2D eigenvalue weighted by Gasteiger charge is -2.09. The molecule has 0 fully saturated rings. The lowest BCUT2D eigenvalue weighted by molar-refractivity contribution is 0.289. The molecule has 0 aliphatic rings. The molecule has 2 aromatic carbocycles. The Morgan fingerprint density at radius 1 is 1.20 bits per heavy atom. The van der Waals surface area contributed by atoms with Crippen LogP contribution in [0.15, 0.2) is 36.4 Å². The Labute approximate surface area is 119 Å². The molecule has 0 bridgehead atoms. The predicted octanol–water partition coefficient (Wildman–Crippen LogP) is 3.48. The van der Waals surface area contributed by atoms with E-state index >= 15 is 0 Å². The van der Waals surface area contributed by atoms with Crippen molar-refractivity contribution in [1.82, 2.24) is 0 Å². The summed E-state index contributed by atoms with van der Waals surface area (Å²) in [6, 6.07) is 7.86. The number of ether oxygens (including phenoxy) is 1. The smallest absolute Gasteiger partial charge is 0.167 e. The largest absolute Gasteiger partial charge is 0.486 e. The van der Waals surface area contributed by atoms with Crippen LogP contribution in [0.2, 0.25) is 5.02 Å². The maximum absolute atomic E-state index is 13.4. The molecule has 2 rings (SSSR count). The number of nitrogens with two attached hydrogens (primary N) is 1. The molecule has 0 aliphatic heterocycles. The number of halogens is 3. The second kappa shape index (κ2) is 5.88. The van der Waals surface area contributed by atoms with Crippen LogP contribution in [0.4, 0.5) is 8.78 Å². The third-order valence-electron chi connectivity index (χ3n) is 2.64. The average Bonchev–Trinajstić information content (AvgIpc) is 2.38. The van der Waals surface area contributed by atoms with Gasteiger partial charge in [0.25, 0.3) is 0 Å². The Kier molecular flexibility index (Phi) is 4.20. The topological polar surface area (TPSA) is 59.1 Å². The summed E-state index contributed by atoms with van der Waals surface area (Å²) >= 11 is 6.02. The number of nitrogen functional groups attached to an aromatic ring is 1. The van der Waals surface area contributed by atoms with Gasteiger partial charge in [-0.3, -0.25) is 5.41 Å². The summed E-state index contributed by atoms with van der Waals surface area (Å²) in [5.41, 5.74) is 6.44. The van der Waals surface area contributed by atoms with Crippen LogP contribution in [0.25, 0.3) is 0 Å². The zero-order chi connectivity index (χ0) is 14.7. The first-order valence-electron chi connectivity index (χ1n) is 5.68. The molecule has 0 amide bonds. The SMILES string of the molecule is N=C(N)c1ccc(COc2ccc(F)cc2F)c(Cl)c1. The molecule has 104 valence electrons. The Bertz CT molecular complexity index is 662. The molecule has 0 saturated heterocycles. The van der Waals surface area contributed by atoms with Crippen LogP contribution in [-0.4, -0.2) is 5.84 Å².